The standard InChI is InChI=1S/C18H16F3NO3S/c1-12-7-9-14(10-8-12)26(24,25)22-16(18(19,20)21)15(17(22)23)11-13-5-3-2-4-6-13/h2-10,15-16H,11H2,1H3. The monoisotopic (exact) mass is 383 g/mol. The molecule has 0 bridgehead atoms. The number of rotatable bonds is 4. The number of amides is 1. The van der Waals surface area contributed by atoms with Crippen LogP contribution in [0.2, 0.25) is 0 Å². The molecule has 1 amide bonds. The average molecular weight is 383 g/mol. The van der Waals surface area contributed by atoms with E-state index in [1.54, 1.807) is 37.3 Å². The number of aryl methyl sites for hydroxylation is 1. The second-order valence-electron chi connectivity index (χ2n) is 6.23. The molecular weight excluding hydrogens is 367 g/mol. The molecule has 1 heterocycles. The highest BCUT2D eigenvalue weighted by Crippen LogP contribution is 2.43. The summed E-state index contributed by atoms with van der Waals surface area (Å²) in [7, 11) is -4.56. The number of hydrogen-bond donors (Lipinski definition) is 0. The summed E-state index contributed by atoms with van der Waals surface area (Å²) in [5, 5.41) is 0. The van der Waals surface area contributed by atoms with Crippen molar-refractivity contribution in [1.82, 2.24) is 4.31 Å². The van der Waals surface area contributed by atoms with Crippen LogP contribution in [0.15, 0.2) is 59.5 Å². The van der Waals surface area contributed by atoms with Crippen molar-refractivity contribution < 1.29 is 26.4 Å². The third kappa shape index (κ3) is 3.21. The van der Waals surface area contributed by atoms with E-state index >= 15 is 0 Å². The molecule has 4 nitrogen and oxygen atoms in total. The normalized spacial score (nSPS) is 20.8. The van der Waals surface area contributed by atoms with E-state index in [4.69, 9.17) is 0 Å². The zero-order chi connectivity index (χ0) is 19.1. The SMILES string of the molecule is Cc1ccc(S(=O)(=O)N2C(=O)C(Cc3ccccc3)C2C(F)(F)F)cc1. The third-order valence-electron chi connectivity index (χ3n) is 4.38. The summed E-state index contributed by atoms with van der Waals surface area (Å²) in [6.45, 7) is 1.72. The van der Waals surface area contributed by atoms with Gasteiger partial charge in [0.2, 0.25) is 5.91 Å². The lowest BCUT2D eigenvalue weighted by Gasteiger charge is -2.46. The van der Waals surface area contributed by atoms with Crippen LogP contribution in [0.3, 0.4) is 0 Å². The van der Waals surface area contributed by atoms with Gasteiger partial charge in [-0.2, -0.15) is 13.2 Å². The number of benzene rings is 2. The number of sulfonamides is 1. The van der Waals surface area contributed by atoms with Crippen LogP contribution in [-0.2, 0) is 21.2 Å². The van der Waals surface area contributed by atoms with E-state index in [2.05, 4.69) is 0 Å². The number of carbonyl (C=O) groups is 1. The zero-order valence-electron chi connectivity index (χ0n) is 13.8. The van der Waals surface area contributed by atoms with E-state index in [9.17, 15) is 26.4 Å². The van der Waals surface area contributed by atoms with Gasteiger partial charge in [-0.3, -0.25) is 4.79 Å². The van der Waals surface area contributed by atoms with Crippen molar-refractivity contribution in [3.8, 4) is 0 Å². The van der Waals surface area contributed by atoms with E-state index in [1.807, 2.05) is 0 Å². The number of β-lactam (4-membered cyclic amide) rings is 1. The molecule has 1 fully saturated rings. The number of halogens is 3. The predicted octanol–water partition coefficient (Wildman–Crippen LogP) is 3.32. The van der Waals surface area contributed by atoms with E-state index in [1.165, 1.54) is 24.3 Å². The second-order valence-corrected chi connectivity index (χ2v) is 8.05. The molecule has 2 aromatic rings. The molecular formula is C18H16F3NO3S. The Bertz CT molecular complexity index is 909. The van der Waals surface area contributed by atoms with Gasteiger partial charge >= 0.3 is 6.18 Å². The Morgan fingerprint density at radius 2 is 1.58 bits per heavy atom. The van der Waals surface area contributed by atoms with Gasteiger partial charge in [0.1, 0.15) is 0 Å². The summed E-state index contributed by atoms with van der Waals surface area (Å²) in [5.41, 5.74) is 1.31. The Morgan fingerprint density at radius 3 is 2.12 bits per heavy atom. The summed E-state index contributed by atoms with van der Waals surface area (Å²) < 4.78 is 65.8. The summed E-state index contributed by atoms with van der Waals surface area (Å²) in [4.78, 5) is 12.0. The van der Waals surface area contributed by atoms with Crippen molar-refractivity contribution in [3.05, 3.63) is 65.7 Å². The lowest BCUT2D eigenvalue weighted by molar-refractivity contribution is -0.214. The fraction of sp³-hybridized carbons (Fsp3) is 0.278. The smallest absolute Gasteiger partial charge is 0.273 e. The van der Waals surface area contributed by atoms with Crippen molar-refractivity contribution >= 4 is 15.9 Å². The molecule has 0 spiro atoms. The molecule has 3 rings (SSSR count). The number of alkyl halides is 3. The molecule has 0 aromatic heterocycles. The molecule has 0 saturated carbocycles. The van der Waals surface area contributed by atoms with Gasteiger partial charge < -0.3 is 0 Å². The van der Waals surface area contributed by atoms with E-state index in [-0.39, 0.29) is 15.6 Å². The van der Waals surface area contributed by atoms with Crippen LogP contribution < -0.4 is 0 Å². The fourth-order valence-electron chi connectivity index (χ4n) is 3.04. The van der Waals surface area contributed by atoms with Crippen LogP contribution in [0, 0.1) is 12.8 Å². The Labute approximate surface area is 149 Å². The molecule has 8 heteroatoms. The van der Waals surface area contributed by atoms with Gasteiger partial charge in [-0.25, -0.2) is 12.7 Å². The maximum atomic E-state index is 13.5. The van der Waals surface area contributed by atoms with Gasteiger partial charge in [-0.1, -0.05) is 48.0 Å². The van der Waals surface area contributed by atoms with Gasteiger partial charge in [0, 0.05) is 0 Å². The first kappa shape index (κ1) is 18.4. The lowest BCUT2D eigenvalue weighted by Crippen LogP contribution is -2.68. The summed E-state index contributed by atoms with van der Waals surface area (Å²) >= 11 is 0. The molecule has 0 N–H and O–H groups in total. The first-order chi connectivity index (χ1) is 12.1. The maximum absolute atomic E-state index is 13.5. The topological polar surface area (TPSA) is 54.5 Å². The highest BCUT2D eigenvalue weighted by atomic mass is 32.2. The predicted molar refractivity (Wildman–Crippen MR) is 88.7 cm³/mol. The van der Waals surface area contributed by atoms with Gasteiger partial charge in [-0.05, 0) is 31.0 Å². The van der Waals surface area contributed by atoms with Gasteiger partial charge in [0.15, 0.2) is 6.04 Å². The van der Waals surface area contributed by atoms with E-state index < -0.39 is 34.1 Å². The van der Waals surface area contributed by atoms with Crippen molar-refractivity contribution in [2.45, 2.75) is 30.5 Å². The highest BCUT2D eigenvalue weighted by molar-refractivity contribution is 7.89. The quantitative estimate of drug-likeness (QED) is 0.761. The number of carbonyl (C=O) groups excluding carboxylic acids is 1. The third-order valence-corrected chi connectivity index (χ3v) is 6.17. The molecule has 2 unspecified atom stereocenters. The summed E-state index contributed by atoms with van der Waals surface area (Å²) in [6, 6.07) is 11.2. The highest BCUT2D eigenvalue weighted by Gasteiger charge is 2.64. The Hall–Kier alpha value is -2.35. The lowest BCUT2D eigenvalue weighted by atomic mass is 9.84. The van der Waals surface area contributed by atoms with Crippen LogP contribution in [0.5, 0.6) is 0 Å². The molecule has 0 radical (unpaired) electrons. The van der Waals surface area contributed by atoms with Gasteiger partial charge in [0.05, 0.1) is 10.8 Å². The first-order valence-electron chi connectivity index (χ1n) is 7.88. The minimum atomic E-state index is -4.84. The average Bonchev–Trinajstić information content (AvgIpc) is 2.57. The maximum Gasteiger partial charge on any atom is 0.410 e. The van der Waals surface area contributed by atoms with Crippen LogP contribution in [0.25, 0.3) is 0 Å². The van der Waals surface area contributed by atoms with Crippen molar-refractivity contribution in [1.29, 1.82) is 0 Å². The van der Waals surface area contributed by atoms with Gasteiger partial charge in [-0.15, -0.1) is 0 Å². The Morgan fingerprint density at radius 1 is 1.00 bits per heavy atom. The van der Waals surface area contributed by atoms with Crippen LogP contribution in [0.4, 0.5) is 13.2 Å². The molecule has 1 aliphatic heterocycles. The zero-order valence-corrected chi connectivity index (χ0v) is 14.6. The summed E-state index contributed by atoms with van der Waals surface area (Å²) in [5.74, 6) is -2.48. The second kappa shape index (κ2) is 6.42. The molecule has 1 saturated heterocycles. The van der Waals surface area contributed by atoms with E-state index in [0.29, 0.717) is 5.56 Å². The van der Waals surface area contributed by atoms with Crippen molar-refractivity contribution in [2.75, 3.05) is 0 Å². The summed E-state index contributed by atoms with van der Waals surface area (Å²) in [6.07, 6.45) is -5.01. The molecule has 0 aliphatic carbocycles. The molecule has 1 aliphatic rings. The minimum absolute atomic E-state index is 0.0225. The van der Waals surface area contributed by atoms with Crippen molar-refractivity contribution in [3.63, 3.8) is 0 Å². The largest absolute Gasteiger partial charge is 0.410 e. The van der Waals surface area contributed by atoms with Crippen LogP contribution in [0.1, 0.15) is 11.1 Å². The Balaban J connectivity index is 1.94. The Kier molecular flexibility index (Phi) is 4.56. The van der Waals surface area contributed by atoms with Crippen LogP contribution in [-0.4, -0.2) is 30.8 Å². The number of nitrogens with zero attached hydrogens (tertiary/aromatic N) is 1. The van der Waals surface area contributed by atoms with Crippen LogP contribution >= 0.6 is 0 Å². The van der Waals surface area contributed by atoms with E-state index in [0.717, 1.165) is 5.56 Å². The molecule has 2 atom stereocenters. The molecule has 2 aromatic carbocycles. The minimum Gasteiger partial charge on any atom is -0.273 e. The van der Waals surface area contributed by atoms with Crippen molar-refractivity contribution in [2.24, 2.45) is 5.92 Å². The fourth-order valence-corrected chi connectivity index (χ4v) is 4.68. The number of hydrogen-bond acceptors (Lipinski definition) is 3. The molecule has 26 heavy (non-hydrogen) atoms. The first-order valence-corrected chi connectivity index (χ1v) is 9.32. The van der Waals surface area contributed by atoms with Gasteiger partial charge in [0.25, 0.3) is 10.0 Å². The molecule has 138 valence electrons.